The summed E-state index contributed by atoms with van der Waals surface area (Å²) in [6.07, 6.45) is -3.03. The average molecular weight is 432 g/mol. The molecule has 2 atom stereocenters. The highest BCUT2D eigenvalue weighted by molar-refractivity contribution is 5.83. The molecule has 1 heterocycles. The van der Waals surface area contributed by atoms with Crippen molar-refractivity contribution in [1.29, 1.82) is 0 Å². The number of amides is 1. The molecule has 4 rings (SSSR count). The van der Waals surface area contributed by atoms with Gasteiger partial charge in [0.25, 0.3) is 0 Å². The maximum Gasteiger partial charge on any atom is 0.416 e. The Hall–Kier alpha value is -2.54. The zero-order valence-electron chi connectivity index (χ0n) is 17.6. The highest BCUT2D eigenvalue weighted by Gasteiger charge is 2.49. The maximum atomic E-state index is 13.3. The van der Waals surface area contributed by atoms with Gasteiger partial charge in [-0.2, -0.15) is 13.2 Å². The molecule has 1 saturated carbocycles. The number of hydrogen-bond acceptors (Lipinski definition) is 3. The smallest absolute Gasteiger partial charge is 0.416 e. The van der Waals surface area contributed by atoms with Gasteiger partial charge >= 0.3 is 6.18 Å². The third-order valence-corrected chi connectivity index (χ3v) is 6.24. The van der Waals surface area contributed by atoms with E-state index >= 15 is 0 Å². The first-order valence-corrected chi connectivity index (χ1v) is 10.7. The van der Waals surface area contributed by atoms with Crippen LogP contribution in [0.2, 0.25) is 0 Å². The summed E-state index contributed by atoms with van der Waals surface area (Å²) < 4.78 is 45.2. The number of nitrogens with zero attached hydrogens (tertiary/aromatic N) is 2. The fourth-order valence-corrected chi connectivity index (χ4v) is 4.46. The molecular formula is C24H27F3N2O2. The van der Waals surface area contributed by atoms with Crippen molar-refractivity contribution >= 4 is 5.91 Å². The minimum atomic E-state index is -4.39. The molecule has 166 valence electrons. The summed E-state index contributed by atoms with van der Waals surface area (Å²) in [5, 5.41) is 0. The summed E-state index contributed by atoms with van der Waals surface area (Å²) in [5.74, 6) is 0.149. The number of methoxy groups -OCH3 is 1. The molecule has 0 radical (unpaired) electrons. The maximum absolute atomic E-state index is 13.3. The standard InChI is InChI=1S/C24H27F3N2O2/c1-31-18-9-7-17(8-10-18)16-28-11-4-12-29(14-13-28)23(30)21-15-20(21)19-5-2-3-6-22(19)24(25,26)27/h2-3,5-10,20-21H,4,11-16H2,1H3. The van der Waals surface area contributed by atoms with Crippen LogP contribution in [0.3, 0.4) is 0 Å². The summed E-state index contributed by atoms with van der Waals surface area (Å²) >= 11 is 0. The lowest BCUT2D eigenvalue weighted by Crippen LogP contribution is -2.36. The molecule has 4 nitrogen and oxygen atoms in total. The molecule has 1 aliphatic carbocycles. The molecule has 0 aromatic heterocycles. The number of ether oxygens (including phenoxy) is 1. The van der Waals surface area contributed by atoms with E-state index in [-0.39, 0.29) is 23.3 Å². The van der Waals surface area contributed by atoms with E-state index in [1.54, 1.807) is 13.2 Å². The van der Waals surface area contributed by atoms with Crippen molar-refractivity contribution in [2.24, 2.45) is 5.92 Å². The number of alkyl halides is 3. The summed E-state index contributed by atoms with van der Waals surface area (Å²) in [6.45, 7) is 3.72. The van der Waals surface area contributed by atoms with E-state index in [1.807, 2.05) is 29.2 Å². The van der Waals surface area contributed by atoms with Crippen LogP contribution in [-0.2, 0) is 17.5 Å². The van der Waals surface area contributed by atoms with E-state index in [2.05, 4.69) is 4.90 Å². The van der Waals surface area contributed by atoms with Crippen molar-refractivity contribution in [3.05, 3.63) is 65.2 Å². The Labute approximate surface area is 180 Å². The SMILES string of the molecule is COc1ccc(CN2CCCN(C(=O)C3CC3c3ccccc3C(F)(F)F)CC2)cc1. The van der Waals surface area contributed by atoms with Crippen LogP contribution >= 0.6 is 0 Å². The van der Waals surface area contributed by atoms with Gasteiger partial charge in [0.05, 0.1) is 12.7 Å². The van der Waals surface area contributed by atoms with Gasteiger partial charge in [0.2, 0.25) is 5.91 Å². The highest BCUT2D eigenvalue weighted by Crippen LogP contribution is 2.51. The summed E-state index contributed by atoms with van der Waals surface area (Å²) in [6, 6.07) is 13.6. The lowest BCUT2D eigenvalue weighted by atomic mass is 10.0. The van der Waals surface area contributed by atoms with Crippen LogP contribution in [-0.4, -0.2) is 49.0 Å². The molecule has 0 bridgehead atoms. The van der Waals surface area contributed by atoms with Crippen LogP contribution in [0.15, 0.2) is 48.5 Å². The van der Waals surface area contributed by atoms with Gasteiger partial charge < -0.3 is 9.64 Å². The minimum Gasteiger partial charge on any atom is -0.497 e. The zero-order valence-corrected chi connectivity index (χ0v) is 17.6. The molecule has 0 N–H and O–H groups in total. The van der Waals surface area contributed by atoms with E-state index in [1.165, 1.54) is 17.7 Å². The minimum absolute atomic E-state index is 0.00623. The van der Waals surface area contributed by atoms with E-state index in [0.29, 0.717) is 19.5 Å². The lowest BCUT2D eigenvalue weighted by molar-refractivity contribution is -0.138. The Bertz CT molecular complexity index is 914. The van der Waals surface area contributed by atoms with Gasteiger partial charge in [-0.05, 0) is 48.1 Å². The van der Waals surface area contributed by atoms with E-state index in [0.717, 1.165) is 37.9 Å². The van der Waals surface area contributed by atoms with Crippen LogP contribution in [0.5, 0.6) is 5.75 Å². The monoisotopic (exact) mass is 432 g/mol. The second kappa shape index (κ2) is 8.91. The number of carbonyl (C=O) groups is 1. The Morgan fingerprint density at radius 2 is 1.77 bits per heavy atom. The normalized spacial score (nSPS) is 22.1. The second-order valence-corrected chi connectivity index (χ2v) is 8.34. The van der Waals surface area contributed by atoms with Crippen molar-refractivity contribution in [3.8, 4) is 5.75 Å². The van der Waals surface area contributed by atoms with Gasteiger partial charge in [-0.15, -0.1) is 0 Å². The summed E-state index contributed by atoms with van der Waals surface area (Å²) in [4.78, 5) is 17.2. The number of rotatable bonds is 5. The number of halogens is 3. The van der Waals surface area contributed by atoms with E-state index in [4.69, 9.17) is 4.74 Å². The van der Waals surface area contributed by atoms with Gasteiger partial charge in [0.1, 0.15) is 5.75 Å². The van der Waals surface area contributed by atoms with Gasteiger partial charge in [-0.25, -0.2) is 0 Å². The molecule has 2 unspecified atom stereocenters. The molecule has 2 aliphatic rings. The van der Waals surface area contributed by atoms with Crippen molar-refractivity contribution in [2.75, 3.05) is 33.3 Å². The Morgan fingerprint density at radius 3 is 2.48 bits per heavy atom. The van der Waals surface area contributed by atoms with Gasteiger partial charge in [-0.1, -0.05) is 30.3 Å². The molecule has 31 heavy (non-hydrogen) atoms. The fraction of sp³-hybridized carbons (Fsp3) is 0.458. The van der Waals surface area contributed by atoms with Crippen LogP contribution in [0.4, 0.5) is 13.2 Å². The lowest BCUT2D eigenvalue weighted by Gasteiger charge is -2.22. The van der Waals surface area contributed by atoms with Crippen molar-refractivity contribution in [3.63, 3.8) is 0 Å². The Kier molecular flexibility index (Phi) is 6.23. The largest absolute Gasteiger partial charge is 0.497 e. The molecule has 1 saturated heterocycles. The van der Waals surface area contributed by atoms with Crippen molar-refractivity contribution in [2.45, 2.75) is 31.5 Å². The third kappa shape index (κ3) is 5.03. The first kappa shape index (κ1) is 21.7. The van der Waals surface area contributed by atoms with Crippen LogP contribution < -0.4 is 4.74 Å². The molecule has 2 fully saturated rings. The first-order valence-electron chi connectivity index (χ1n) is 10.7. The zero-order chi connectivity index (χ0) is 22.0. The Morgan fingerprint density at radius 1 is 1.03 bits per heavy atom. The molecule has 0 spiro atoms. The number of hydrogen-bond donors (Lipinski definition) is 0. The average Bonchev–Trinajstić information content (AvgIpc) is 3.58. The number of benzene rings is 2. The first-order chi connectivity index (χ1) is 14.9. The Balaban J connectivity index is 1.35. The molecule has 7 heteroatoms. The molecule has 1 aliphatic heterocycles. The van der Waals surface area contributed by atoms with Gasteiger partial charge in [0.15, 0.2) is 0 Å². The van der Waals surface area contributed by atoms with Gasteiger partial charge in [0, 0.05) is 38.6 Å². The number of carbonyl (C=O) groups excluding carboxylic acids is 1. The highest BCUT2D eigenvalue weighted by atomic mass is 19.4. The summed E-state index contributed by atoms with van der Waals surface area (Å²) in [7, 11) is 1.64. The fourth-order valence-electron chi connectivity index (χ4n) is 4.46. The van der Waals surface area contributed by atoms with E-state index in [9.17, 15) is 18.0 Å². The predicted octanol–water partition coefficient (Wildman–Crippen LogP) is 4.55. The third-order valence-electron chi connectivity index (χ3n) is 6.24. The van der Waals surface area contributed by atoms with E-state index < -0.39 is 11.7 Å². The van der Waals surface area contributed by atoms with Crippen LogP contribution in [0.25, 0.3) is 0 Å². The quantitative estimate of drug-likeness (QED) is 0.695. The van der Waals surface area contributed by atoms with Crippen molar-refractivity contribution < 1.29 is 22.7 Å². The molecule has 2 aromatic carbocycles. The second-order valence-electron chi connectivity index (χ2n) is 8.34. The van der Waals surface area contributed by atoms with Gasteiger partial charge in [-0.3, -0.25) is 9.69 Å². The summed E-state index contributed by atoms with van der Waals surface area (Å²) in [5.41, 5.74) is 0.827. The molecule has 2 aromatic rings. The predicted molar refractivity (Wildman–Crippen MR) is 112 cm³/mol. The van der Waals surface area contributed by atoms with Crippen LogP contribution in [0.1, 0.15) is 35.4 Å². The molecule has 1 amide bonds. The van der Waals surface area contributed by atoms with Crippen molar-refractivity contribution in [1.82, 2.24) is 9.80 Å². The molecular weight excluding hydrogens is 405 g/mol. The van der Waals surface area contributed by atoms with Crippen LogP contribution in [0, 0.1) is 5.92 Å². The topological polar surface area (TPSA) is 32.8 Å².